The fraction of sp³-hybridized carbons (Fsp3) is 0.500. The lowest BCUT2D eigenvalue weighted by Gasteiger charge is -2.20. The number of hydrogen-bond acceptors (Lipinski definition) is 3. The summed E-state index contributed by atoms with van der Waals surface area (Å²) >= 11 is 0. The summed E-state index contributed by atoms with van der Waals surface area (Å²) in [6.07, 6.45) is 4.45. The number of aromatic nitrogens is 3. The molecule has 0 fully saturated rings. The predicted molar refractivity (Wildman–Crippen MR) is 89.0 cm³/mol. The summed E-state index contributed by atoms with van der Waals surface area (Å²) in [5.74, 6) is 1.36. The third-order valence-corrected chi connectivity index (χ3v) is 4.69. The third-order valence-electron chi connectivity index (χ3n) is 4.69. The molecule has 23 heavy (non-hydrogen) atoms. The highest BCUT2D eigenvalue weighted by molar-refractivity contribution is 5.77. The van der Waals surface area contributed by atoms with E-state index in [1.54, 1.807) is 11.2 Å². The van der Waals surface area contributed by atoms with Gasteiger partial charge in [-0.1, -0.05) is 24.3 Å². The van der Waals surface area contributed by atoms with Crippen molar-refractivity contribution in [1.29, 1.82) is 0 Å². The molecule has 0 radical (unpaired) electrons. The monoisotopic (exact) mass is 312 g/mol. The average molecular weight is 312 g/mol. The molecule has 5 heteroatoms. The molecule has 0 saturated carbocycles. The fourth-order valence-corrected chi connectivity index (χ4v) is 3.34. The summed E-state index contributed by atoms with van der Waals surface area (Å²) in [6, 6.07) is 8.78. The highest BCUT2D eigenvalue weighted by Crippen LogP contribution is 2.35. The van der Waals surface area contributed by atoms with Gasteiger partial charge in [0.1, 0.15) is 6.33 Å². The van der Waals surface area contributed by atoms with Crippen LogP contribution in [0, 0.1) is 0 Å². The SMILES string of the molecule is CC(C)n1cnnc1CN(C)C(=O)C[C@H]1CCc2ccccc21. The van der Waals surface area contributed by atoms with E-state index in [1.807, 2.05) is 11.6 Å². The standard InChI is InChI=1S/C18H24N4O/c1-13(2)22-12-19-20-17(22)11-21(3)18(23)10-15-9-8-14-6-4-5-7-16(14)15/h4-7,12-13,15H,8-11H2,1-3H3/t15-/m1/s1. The van der Waals surface area contributed by atoms with Crippen molar-refractivity contribution in [2.75, 3.05) is 7.05 Å². The van der Waals surface area contributed by atoms with E-state index < -0.39 is 0 Å². The van der Waals surface area contributed by atoms with Gasteiger partial charge < -0.3 is 9.47 Å². The maximum absolute atomic E-state index is 12.6. The first-order chi connectivity index (χ1) is 11.1. The van der Waals surface area contributed by atoms with E-state index >= 15 is 0 Å². The van der Waals surface area contributed by atoms with Crippen molar-refractivity contribution in [3.05, 3.63) is 47.5 Å². The van der Waals surface area contributed by atoms with Crippen molar-refractivity contribution in [2.45, 2.75) is 51.6 Å². The summed E-state index contributed by atoms with van der Waals surface area (Å²) in [5.41, 5.74) is 2.74. The highest BCUT2D eigenvalue weighted by atomic mass is 16.2. The van der Waals surface area contributed by atoms with E-state index in [9.17, 15) is 4.79 Å². The number of benzene rings is 1. The van der Waals surface area contributed by atoms with Gasteiger partial charge in [-0.15, -0.1) is 10.2 Å². The zero-order chi connectivity index (χ0) is 16.4. The topological polar surface area (TPSA) is 51.0 Å². The molecule has 3 rings (SSSR count). The molecule has 0 saturated heterocycles. The van der Waals surface area contributed by atoms with Gasteiger partial charge in [-0.2, -0.15) is 0 Å². The van der Waals surface area contributed by atoms with E-state index in [2.05, 4.69) is 48.3 Å². The molecule has 1 atom stereocenters. The van der Waals surface area contributed by atoms with Crippen molar-refractivity contribution < 1.29 is 4.79 Å². The summed E-state index contributed by atoms with van der Waals surface area (Å²) < 4.78 is 2.01. The molecule has 122 valence electrons. The molecule has 0 N–H and O–H groups in total. The Kier molecular flexibility index (Phi) is 4.46. The Bertz CT molecular complexity index is 692. The van der Waals surface area contributed by atoms with Crippen LogP contribution >= 0.6 is 0 Å². The van der Waals surface area contributed by atoms with Crippen molar-refractivity contribution in [3.8, 4) is 0 Å². The first kappa shape index (κ1) is 15.7. The minimum absolute atomic E-state index is 0.171. The molecule has 0 aliphatic heterocycles. The molecule has 5 nitrogen and oxygen atoms in total. The normalized spacial score (nSPS) is 16.6. The van der Waals surface area contributed by atoms with Gasteiger partial charge in [0.2, 0.25) is 5.91 Å². The van der Waals surface area contributed by atoms with Crippen LogP contribution in [0.4, 0.5) is 0 Å². The van der Waals surface area contributed by atoms with Crippen molar-refractivity contribution in [1.82, 2.24) is 19.7 Å². The number of rotatable bonds is 5. The van der Waals surface area contributed by atoms with Crippen LogP contribution < -0.4 is 0 Å². The maximum atomic E-state index is 12.6. The van der Waals surface area contributed by atoms with Gasteiger partial charge in [0.05, 0.1) is 6.54 Å². The van der Waals surface area contributed by atoms with Crippen LogP contribution in [-0.2, 0) is 17.8 Å². The van der Waals surface area contributed by atoms with Crippen molar-refractivity contribution in [3.63, 3.8) is 0 Å². The second-order valence-electron chi connectivity index (χ2n) is 6.64. The predicted octanol–water partition coefficient (Wildman–Crippen LogP) is 2.94. The second-order valence-corrected chi connectivity index (χ2v) is 6.64. The summed E-state index contributed by atoms with van der Waals surface area (Å²) in [5, 5.41) is 8.11. The Hall–Kier alpha value is -2.17. The number of nitrogens with zero attached hydrogens (tertiary/aromatic N) is 4. The van der Waals surface area contributed by atoms with E-state index in [0.29, 0.717) is 24.9 Å². The molecule has 2 aromatic rings. The van der Waals surface area contributed by atoms with Gasteiger partial charge in [-0.3, -0.25) is 4.79 Å². The molecule has 0 bridgehead atoms. The van der Waals surface area contributed by atoms with Gasteiger partial charge in [0.15, 0.2) is 5.82 Å². The van der Waals surface area contributed by atoms with Gasteiger partial charge in [0.25, 0.3) is 0 Å². The fourth-order valence-electron chi connectivity index (χ4n) is 3.34. The number of carbonyl (C=O) groups excluding carboxylic acids is 1. The third kappa shape index (κ3) is 3.28. The zero-order valence-electron chi connectivity index (χ0n) is 14.1. The van der Waals surface area contributed by atoms with E-state index in [-0.39, 0.29) is 5.91 Å². The Balaban J connectivity index is 1.64. The zero-order valence-corrected chi connectivity index (χ0v) is 14.1. The smallest absolute Gasteiger partial charge is 0.223 e. The first-order valence-electron chi connectivity index (χ1n) is 8.26. The molecule has 1 aliphatic carbocycles. The van der Waals surface area contributed by atoms with Gasteiger partial charge in [-0.05, 0) is 43.7 Å². The van der Waals surface area contributed by atoms with Crippen molar-refractivity contribution >= 4 is 5.91 Å². The average Bonchev–Trinajstić information content (AvgIpc) is 3.14. The Morgan fingerprint density at radius 2 is 2.17 bits per heavy atom. The van der Waals surface area contributed by atoms with Crippen LogP contribution in [0.25, 0.3) is 0 Å². The minimum Gasteiger partial charge on any atom is -0.338 e. The number of carbonyl (C=O) groups is 1. The van der Waals surface area contributed by atoms with Gasteiger partial charge in [-0.25, -0.2) is 0 Å². The van der Waals surface area contributed by atoms with Gasteiger partial charge in [0, 0.05) is 19.5 Å². The molecule has 1 amide bonds. The van der Waals surface area contributed by atoms with E-state index in [1.165, 1.54) is 11.1 Å². The number of hydrogen-bond donors (Lipinski definition) is 0. The highest BCUT2D eigenvalue weighted by Gasteiger charge is 2.26. The van der Waals surface area contributed by atoms with Crippen molar-refractivity contribution in [2.24, 2.45) is 0 Å². The van der Waals surface area contributed by atoms with Crippen LogP contribution in [0.2, 0.25) is 0 Å². The molecular weight excluding hydrogens is 288 g/mol. The Labute approximate surface area is 137 Å². The second kappa shape index (κ2) is 6.52. The number of amides is 1. The molecule has 1 aromatic carbocycles. The largest absolute Gasteiger partial charge is 0.338 e. The van der Waals surface area contributed by atoms with E-state index in [4.69, 9.17) is 0 Å². The van der Waals surface area contributed by atoms with Crippen LogP contribution in [0.3, 0.4) is 0 Å². The number of aryl methyl sites for hydroxylation is 1. The van der Waals surface area contributed by atoms with E-state index in [0.717, 1.165) is 18.7 Å². The maximum Gasteiger partial charge on any atom is 0.223 e. The molecular formula is C18H24N4O. The summed E-state index contributed by atoms with van der Waals surface area (Å²) in [6.45, 7) is 4.68. The minimum atomic E-state index is 0.171. The van der Waals surface area contributed by atoms with Crippen LogP contribution in [-0.4, -0.2) is 32.6 Å². The van der Waals surface area contributed by atoms with Gasteiger partial charge >= 0.3 is 0 Å². The Morgan fingerprint density at radius 1 is 1.39 bits per heavy atom. The lowest BCUT2D eigenvalue weighted by molar-refractivity contribution is -0.131. The molecule has 1 aliphatic rings. The lowest BCUT2D eigenvalue weighted by Crippen LogP contribution is -2.29. The molecule has 0 unspecified atom stereocenters. The lowest BCUT2D eigenvalue weighted by atomic mass is 9.97. The Morgan fingerprint density at radius 3 is 2.96 bits per heavy atom. The first-order valence-corrected chi connectivity index (χ1v) is 8.26. The summed E-state index contributed by atoms with van der Waals surface area (Å²) in [4.78, 5) is 14.4. The van der Waals surface area contributed by atoms with Crippen LogP contribution in [0.5, 0.6) is 0 Å². The van der Waals surface area contributed by atoms with Crippen LogP contribution in [0.15, 0.2) is 30.6 Å². The molecule has 1 aromatic heterocycles. The molecule has 0 spiro atoms. The summed E-state index contributed by atoms with van der Waals surface area (Å²) in [7, 11) is 1.85. The van der Waals surface area contributed by atoms with Crippen LogP contribution in [0.1, 0.15) is 55.6 Å². The number of fused-ring (bicyclic) bond motifs is 1. The quantitative estimate of drug-likeness (QED) is 0.853. The molecule has 1 heterocycles.